The van der Waals surface area contributed by atoms with Crippen LogP contribution in [0, 0.1) is 5.82 Å². The van der Waals surface area contributed by atoms with Gasteiger partial charge in [-0.2, -0.15) is 0 Å². The standard InChI is InChI=1S/C14H14FN5/c1-2-12-18-19-14-13(16-7-8-20(12)14)17-9-10-3-5-11(15)6-4-10/h3-8H,2,9H2,1H3,(H,16,17). The summed E-state index contributed by atoms with van der Waals surface area (Å²) in [5, 5.41) is 11.5. The second kappa shape index (κ2) is 5.24. The van der Waals surface area contributed by atoms with E-state index in [-0.39, 0.29) is 5.82 Å². The van der Waals surface area contributed by atoms with Crippen molar-refractivity contribution in [1.29, 1.82) is 0 Å². The van der Waals surface area contributed by atoms with Gasteiger partial charge < -0.3 is 5.32 Å². The summed E-state index contributed by atoms with van der Waals surface area (Å²) in [7, 11) is 0. The minimum atomic E-state index is -0.237. The van der Waals surface area contributed by atoms with Crippen molar-refractivity contribution in [1.82, 2.24) is 19.6 Å². The maximum atomic E-state index is 12.8. The molecule has 0 saturated heterocycles. The average molecular weight is 271 g/mol. The monoisotopic (exact) mass is 271 g/mol. The van der Waals surface area contributed by atoms with Crippen LogP contribution in [0.3, 0.4) is 0 Å². The summed E-state index contributed by atoms with van der Waals surface area (Å²) in [6, 6.07) is 6.36. The molecule has 2 heterocycles. The average Bonchev–Trinajstić information content (AvgIpc) is 2.90. The van der Waals surface area contributed by atoms with E-state index in [0.29, 0.717) is 18.0 Å². The van der Waals surface area contributed by atoms with E-state index in [1.165, 1.54) is 12.1 Å². The Balaban J connectivity index is 1.84. The highest BCUT2D eigenvalue weighted by Crippen LogP contribution is 2.14. The van der Waals surface area contributed by atoms with Gasteiger partial charge >= 0.3 is 0 Å². The Morgan fingerprint density at radius 2 is 2.00 bits per heavy atom. The molecule has 0 spiro atoms. The van der Waals surface area contributed by atoms with Crippen molar-refractivity contribution >= 4 is 11.5 Å². The van der Waals surface area contributed by atoms with Crippen LogP contribution in [0.2, 0.25) is 0 Å². The highest BCUT2D eigenvalue weighted by atomic mass is 19.1. The van der Waals surface area contributed by atoms with Gasteiger partial charge in [0.1, 0.15) is 11.6 Å². The van der Waals surface area contributed by atoms with Gasteiger partial charge in [-0.3, -0.25) is 4.40 Å². The number of rotatable bonds is 4. The van der Waals surface area contributed by atoms with Crippen molar-refractivity contribution in [3.8, 4) is 0 Å². The van der Waals surface area contributed by atoms with E-state index in [1.54, 1.807) is 18.3 Å². The van der Waals surface area contributed by atoms with Crippen molar-refractivity contribution < 1.29 is 4.39 Å². The Morgan fingerprint density at radius 1 is 1.20 bits per heavy atom. The highest BCUT2D eigenvalue weighted by molar-refractivity contribution is 5.62. The molecule has 0 radical (unpaired) electrons. The largest absolute Gasteiger partial charge is 0.363 e. The number of aryl methyl sites for hydroxylation is 1. The van der Waals surface area contributed by atoms with E-state index in [9.17, 15) is 4.39 Å². The Hall–Kier alpha value is -2.50. The SMILES string of the molecule is CCc1nnc2c(NCc3ccc(F)cc3)nccn12. The third-order valence-electron chi connectivity index (χ3n) is 3.09. The van der Waals surface area contributed by atoms with E-state index in [4.69, 9.17) is 0 Å². The molecule has 6 heteroatoms. The first-order valence-electron chi connectivity index (χ1n) is 6.45. The number of benzene rings is 1. The molecule has 0 amide bonds. The number of nitrogens with zero attached hydrogens (tertiary/aromatic N) is 4. The Morgan fingerprint density at radius 3 is 2.75 bits per heavy atom. The fraction of sp³-hybridized carbons (Fsp3) is 0.214. The van der Waals surface area contributed by atoms with Crippen LogP contribution < -0.4 is 5.32 Å². The third kappa shape index (κ3) is 2.32. The van der Waals surface area contributed by atoms with Crippen molar-refractivity contribution in [2.75, 3.05) is 5.32 Å². The highest BCUT2D eigenvalue weighted by Gasteiger charge is 2.08. The summed E-state index contributed by atoms with van der Waals surface area (Å²) in [5.74, 6) is 1.33. The predicted molar refractivity (Wildman–Crippen MR) is 73.9 cm³/mol. The summed E-state index contributed by atoms with van der Waals surface area (Å²) < 4.78 is 14.8. The zero-order chi connectivity index (χ0) is 13.9. The molecule has 3 rings (SSSR count). The normalized spacial score (nSPS) is 10.9. The number of nitrogens with one attached hydrogen (secondary N) is 1. The van der Waals surface area contributed by atoms with Gasteiger partial charge in [-0.15, -0.1) is 10.2 Å². The predicted octanol–water partition coefficient (Wildman–Crippen LogP) is 2.44. The van der Waals surface area contributed by atoms with E-state index in [0.717, 1.165) is 17.8 Å². The molecule has 0 fully saturated rings. The first-order valence-corrected chi connectivity index (χ1v) is 6.45. The van der Waals surface area contributed by atoms with E-state index >= 15 is 0 Å². The second-order valence-corrected chi connectivity index (χ2v) is 4.42. The first kappa shape index (κ1) is 12.5. The molecular formula is C14H14FN5. The molecule has 0 saturated carbocycles. The molecular weight excluding hydrogens is 257 g/mol. The molecule has 0 aliphatic heterocycles. The number of anilines is 1. The molecule has 0 aliphatic carbocycles. The molecule has 3 aromatic rings. The first-order chi connectivity index (χ1) is 9.78. The summed E-state index contributed by atoms with van der Waals surface area (Å²) in [6.45, 7) is 2.59. The van der Waals surface area contributed by atoms with Crippen molar-refractivity contribution in [3.05, 3.63) is 53.9 Å². The van der Waals surface area contributed by atoms with Gasteiger partial charge in [-0.05, 0) is 17.7 Å². The Bertz CT molecular complexity index is 720. The van der Waals surface area contributed by atoms with Crippen molar-refractivity contribution in [3.63, 3.8) is 0 Å². The Labute approximate surface area is 115 Å². The quantitative estimate of drug-likeness (QED) is 0.792. The summed E-state index contributed by atoms with van der Waals surface area (Å²) in [4.78, 5) is 4.28. The molecule has 1 aromatic carbocycles. The summed E-state index contributed by atoms with van der Waals surface area (Å²) >= 11 is 0. The minimum Gasteiger partial charge on any atom is -0.363 e. The fourth-order valence-electron chi connectivity index (χ4n) is 2.03. The van der Waals surface area contributed by atoms with Gasteiger partial charge in [0.2, 0.25) is 5.65 Å². The molecule has 0 atom stereocenters. The van der Waals surface area contributed by atoms with Gasteiger partial charge in [0.05, 0.1) is 0 Å². The maximum absolute atomic E-state index is 12.8. The summed E-state index contributed by atoms with van der Waals surface area (Å²) in [6.07, 6.45) is 4.36. The number of aromatic nitrogens is 4. The lowest BCUT2D eigenvalue weighted by Gasteiger charge is -2.06. The number of halogens is 1. The lowest BCUT2D eigenvalue weighted by atomic mass is 10.2. The molecule has 20 heavy (non-hydrogen) atoms. The summed E-state index contributed by atoms with van der Waals surface area (Å²) in [5.41, 5.74) is 1.68. The van der Waals surface area contributed by atoms with Crippen LogP contribution in [0.1, 0.15) is 18.3 Å². The van der Waals surface area contributed by atoms with E-state index < -0.39 is 0 Å². The van der Waals surface area contributed by atoms with Crippen LogP contribution in [-0.2, 0) is 13.0 Å². The minimum absolute atomic E-state index is 0.237. The smallest absolute Gasteiger partial charge is 0.203 e. The van der Waals surface area contributed by atoms with Gasteiger partial charge in [-0.25, -0.2) is 9.37 Å². The lowest BCUT2D eigenvalue weighted by Crippen LogP contribution is -2.04. The van der Waals surface area contributed by atoms with E-state index in [1.807, 2.05) is 17.5 Å². The zero-order valence-corrected chi connectivity index (χ0v) is 11.0. The molecule has 1 N–H and O–H groups in total. The molecule has 0 unspecified atom stereocenters. The number of hydrogen-bond acceptors (Lipinski definition) is 4. The Kier molecular flexibility index (Phi) is 3.28. The van der Waals surface area contributed by atoms with Crippen LogP contribution in [0.25, 0.3) is 5.65 Å². The molecule has 5 nitrogen and oxygen atoms in total. The van der Waals surface area contributed by atoms with Crippen molar-refractivity contribution in [2.24, 2.45) is 0 Å². The van der Waals surface area contributed by atoms with Crippen LogP contribution in [0.4, 0.5) is 10.2 Å². The van der Waals surface area contributed by atoms with Gasteiger partial charge in [0, 0.05) is 25.4 Å². The maximum Gasteiger partial charge on any atom is 0.203 e. The van der Waals surface area contributed by atoms with Crippen molar-refractivity contribution in [2.45, 2.75) is 19.9 Å². The third-order valence-corrected chi connectivity index (χ3v) is 3.09. The topological polar surface area (TPSA) is 55.1 Å². The second-order valence-electron chi connectivity index (χ2n) is 4.42. The zero-order valence-electron chi connectivity index (χ0n) is 11.0. The van der Waals surface area contributed by atoms with Crippen LogP contribution in [0.5, 0.6) is 0 Å². The van der Waals surface area contributed by atoms with E-state index in [2.05, 4.69) is 20.5 Å². The van der Waals surface area contributed by atoms with Crippen LogP contribution >= 0.6 is 0 Å². The fourth-order valence-corrected chi connectivity index (χ4v) is 2.03. The van der Waals surface area contributed by atoms with Gasteiger partial charge in [-0.1, -0.05) is 19.1 Å². The molecule has 2 aromatic heterocycles. The lowest BCUT2D eigenvalue weighted by molar-refractivity contribution is 0.627. The molecule has 102 valence electrons. The molecule has 0 aliphatic rings. The van der Waals surface area contributed by atoms with Gasteiger partial charge in [0.25, 0.3) is 0 Å². The van der Waals surface area contributed by atoms with Gasteiger partial charge in [0.15, 0.2) is 5.82 Å². The van der Waals surface area contributed by atoms with Crippen LogP contribution in [0.15, 0.2) is 36.7 Å². The molecule has 0 bridgehead atoms. The number of hydrogen-bond donors (Lipinski definition) is 1. The van der Waals surface area contributed by atoms with Crippen LogP contribution in [-0.4, -0.2) is 19.6 Å². The number of fused-ring (bicyclic) bond motifs is 1.